The number of esters is 1. The van der Waals surface area contributed by atoms with Crippen molar-refractivity contribution < 1.29 is 19.4 Å². The van der Waals surface area contributed by atoms with Crippen LogP contribution in [0.15, 0.2) is 0 Å². The van der Waals surface area contributed by atoms with Gasteiger partial charge >= 0.3 is 11.9 Å². The van der Waals surface area contributed by atoms with Gasteiger partial charge < -0.3 is 9.84 Å². The molecule has 0 radical (unpaired) electrons. The van der Waals surface area contributed by atoms with Gasteiger partial charge in [-0.05, 0) is 19.3 Å². The van der Waals surface area contributed by atoms with Gasteiger partial charge in [0.25, 0.3) is 0 Å². The third kappa shape index (κ3) is 19.7. The molecule has 0 aromatic rings. The van der Waals surface area contributed by atoms with Crippen molar-refractivity contribution in [3.63, 3.8) is 0 Å². The maximum atomic E-state index is 12.0. The molecule has 1 atom stereocenters. The van der Waals surface area contributed by atoms with E-state index in [0.717, 1.165) is 32.1 Å². The maximum Gasteiger partial charge on any atom is 0.307 e. The molecule has 0 aliphatic heterocycles. The largest absolute Gasteiger partial charge is 0.481 e. The smallest absolute Gasteiger partial charge is 0.307 e. The van der Waals surface area contributed by atoms with Crippen molar-refractivity contribution in [2.75, 3.05) is 0 Å². The summed E-state index contributed by atoms with van der Waals surface area (Å²) < 4.78 is 5.44. The average Bonchev–Trinajstić information content (AvgIpc) is 2.65. The molecule has 0 rings (SSSR count). The van der Waals surface area contributed by atoms with Gasteiger partial charge in [0.05, 0.1) is 6.42 Å². The van der Waals surface area contributed by atoms with E-state index in [-0.39, 0.29) is 12.4 Å². The Morgan fingerprint density at radius 2 is 1.11 bits per heavy atom. The highest BCUT2D eigenvalue weighted by Crippen LogP contribution is 2.16. The Hall–Kier alpha value is -1.06. The molecule has 0 spiro atoms. The van der Waals surface area contributed by atoms with Crippen LogP contribution in [0.2, 0.25) is 0 Å². The van der Waals surface area contributed by atoms with Crippen molar-refractivity contribution in [1.29, 1.82) is 0 Å². The number of ether oxygens (including phenoxy) is 1. The van der Waals surface area contributed by atoms with Crippen molar-refractivity contribution in [2.45, 2.75) is 142 Å². The van der Waals surface area contributed by atoms with Crippen molar-refractivity contribution in [3.8, 4) is 0 Å². The zero-order valence-electron chi connectivity index (χ0n) is 18.7. The summed E-state index contributed by atoms with van der Waals surface area (Å²) in [6.07, 6.45) is 19.9. The molecule has 28 heavy (non-hydrogen) atoms. The van der Waals surface area contributed by atoms with Gasteiger partial charge in [-0.1, -0.05) is 104 Å². The first-order valence-corrected chi connectivity index (χ1v) is 12.0. The summed E-state index contributed by atoms with van der Waals surface area (Å²) in [6.45, 7) is 4.41. The Kier molecular flexibility index (Phi) is 19.9. The Morgan fingerprint density at radius 1 is 0.679 bits per heavy atom. The second-order valence-electron chi connectivity index (χ2n) is 8.20. The Bertz CT molecular complexity index is 368. The molecule has 0 bridgehead atoms. The van der Waals surface area contributed by atoms with Crippen molar-refractivity contribution in [1.82, 2.24) is 0 Å². The highest BCUT2D eigenvalue weighted by molar-refractivity contribution is 5.71. The number of hydrogen-bond acceptors (Lipinski definition) is 3. The third-order valence-electron chi connectivity index (χ3n) is 5.31. The Labute approximate surface area is 173 Å². The van der Waals surface area contributed by atoms with Gasteiger partial charge in [-0.2, -0.15) is 0 Å². The van der Waals surface area contributed by atoms with Crippen LogP contribution in [0.25, 0.3) is 0 Å². The average molecular weight is 399 g/mol. The number of unbranched alkanes of at least 4 members (excludes halogenated alkanes) is 14. The van der Waals surface area contributed by atoms with Crippen LogP contribution in [-0.4, -0.2) is 23.1 Å². The SMILES string of the molecule is CCCCCCCCCCCCCC(CC(=O)O)OC(=O)CCCCCCC. The summed E-state index contributed by atoms with van der Waals surface area (Å²) in [4.78, 5) is 23.0. The summed E-state index contributed by atoms with van der Waals surface area (Å²) in [7, 11) is 0. The van der Waals surface area contributed by atoms with Crippen LogP contribution in [0.3, 0.4) is 0 Å². The van der Waals surface area contributed by atoms with E-state index < -0.39 is 12.1 Å². The predicted molar refractivity (Wildman–Crippen MR) is 117 cm³/mol. The number of carboxylic acid groups (broad SMARTS) is 1. The minimum Gasteiger partial charge on any atom is -0.481 e. The molecule has 0 aliphatic rings. The van der Waals surface area contributed by atoms with Crippen molar-refractivity contribution >= 4 is 11.9 Å². The van der Waals surface area contributed by atoms with E-state index in [0.29, 0.717) is 12.8 Å². The zero-order chi connectivity index (χ0) is 20.9. The van der Waals surface area contributed by atoms with Crippen LogP contribution in [-0.2, 0) is 14.3 Å². The first kappa shape index (κ1) is 26.9. The lowest BCUT2D eigenvalue weighted by atomic mass is 10.0. The molecule has 0 heterocycles. The number of rotatable bonds is 21. The molecule has 0 aliphatic carbocycles. The fourth-order valence-electron chi connectivity index (χ4n) is 3.55. The second-order valence-corrected chi connectivity index (χ2v) is 8.20. The van der Waals surface area contributed by atoms with Gasteiger partial charge in [-0.3, -0.25) is 9.59 Å². The molecule has 0 saturated carbocycles. The van der Waals surface area contributed by atoms with Gasteiger partial charge in [0, 0.05) is 6.42 Å². The molecule has 0 aromatic heterocycles. The van der Waals surface area contributed by atoms with E-state index >= 15 is 0 Å². The van der Waals surface area contributed by atoms with Crippen LogP contribution in [0, 0.1) is 0 Å². The monoisotopic (exact) mass is 398 g/mol. The lowest BCUT2D eigenvalue weighted by molar-refractivity contribution is -0.153. The molecular formula is C24H46O4. The third-order valence-corrected chi connectivity index (χ3v) is 5.31. The topological polar surface area (TPSA) is 63.6 Å². The standard InChI is InChI=1S/C24H46O4/c1-3-5-7-9-10-11-12-13-14-16-17-19-22(21-23(25)26)28-24(27)20-18-15-8-6-4-2/h22H,3-21H2,1-2H3,(H,25,26). The number of hydrogen-bond donors (Lipinski definition) is 1. The van der Waals surface area contributed by atoms with Crippen LogP contribution < -0.4 is 0 Å². The number of carboxylic acids is 1. The lowest BCUT2D eigenvalue weighted by Crippen LogP contribution is -2.21. The molecule has 1 unspecified atom stereocenters. The number of aliphatic carboxylic acids is 1. The normalized spacial score (nSPS) is 12.1. The van der Waals surface area contributed by atoms with E-state index in [1.54, 1.807) is 0 Å². The van der Waals surface area contributed by atoms with E-state index in [9.17, 15) is 9.59 Å². The number of carbonyl (C=O) groups excluding carboxylic acids is 1. The molecule has 0 fully saturated rings. The first-order valence-electron chi connectivity index (χ1n) is 12.0. The van der Waals surface area contributed by atoms with E-state index in [1.165, 1.54) is 70.6 Å². The summed E-state index contributed by atoms with van der Waals surface area (Å²) in [5, 5.41) is 9.06. The minimum atomic E-state index is -0.885. The van der Waals surface area contributed by atoms with Crippen LogP contribution >= 0.6 is 0 Å². The summed E-state index contributed by atoms with van der Waals surface area (Å²) in [5.41, 5.74) is 0. The summed E-state index contributed by atoms with van der Waals surface area (Å²) >= 11 is 0. The second kappa shape index (κ2) is 20.7. The van der Waals surface area contributed by atoms with Crippen LogP contribution in [0.5, 0.6) is 0 Å². The highest BCUT2D eigenvalue weighted by atomic mass is 16.5. The predicted octanol–water partition coefficient (Wildman–Crippen LogP) is 7.43. The van der Waals surface area contributed by atoms with Gasteiger partial charge in [0.1, 0.15) is 6.10 Å². The fraction of sp³-hybridized carbons (Fsp3) is 0.917. The van der Waals surface area contributed by atoms with Gasteiger partial charge in [0.15, 0.2) is 0 Å². The van der Waals surface area contributed by atoms with Crippen molar-refractivity contribution in [3.05, 3.63) is 0 Å². The fourth-order valence-corrected chi connectivity index (χ4v) is 3.55. The molecule has 0 aromatic carbocycles. The van der Waals surface area contributed by atoms with E-state index in [1.807, 2.05) is 0 Å². The van der Waals surface area contributed by atoms with E-state index in [2.05, 4.69) is 13.8 Å². The van der Waals surface area contributed by atoms with E-state index in [4.69, 9.17) is 9.84 Å². The highest BCUT2D eigenvalue weighted by Gasteiger charge is 2.17. The molecular weight excluding hydrogens is 352 g/mol. The molecule has 1 N–H and O–H groups in total. The minimum absolute atomic E-state index is 0.0701. The molecule has 0 amide bonds. The maximum absolute atomic E-state index is 12.0. The van der Waals surface area contributed by atoms with Gasteiger partial charge in [-0.15, -0.1) is 0 Å². The molecule has 4 heteroatoms. The van der Waals surface area contributed by atoms with Crippen LogP contribution in [0.1, 0.15) is 136 Å². The van der Waals surface area contributed by atoms with Crippen molar-refractivity contribution in [2.24, 2.45) is 0 Å². The lowest BCUT2D eigenvalue weighted by Gasteiger charge is -2.16. The molecule has 166 valence electrons. The van der Waals surface area contributed by atoms with Gasteiger partial charge in [0.2, 0.25) is 0 Å². The summed E-state index contributed by atoms with van der Waals surface area (Å²) in [5.74, 6) is -1.12. The first-order chi connectivity index (χ1) is 13.6. The number of carbonyl (C=O) groups is 2. The van der Waals surface area contributed by atoms with Crippen LogP contribution in [0.4, 0.5) is 0 Å². The quantitative estimate of drug-likeness (QED) is 0.161. The summed E-state index contributed by atoms with van der Waals surface area (Å²) in [6, 6.07) is 0. The van der Waals surface area contributed by atoms with Gasteiger partial charge in [-0.25, -0.2) is 0 Å². The zero-order valence-corrected chi connectivity index (χ0v) is 18.7. The molecule has 0 saturated heterocycles. The molecule has 4 nitrogen and oxygen atoms in total. The Morgan fingerprint density at radius 3 is 1.57 bits per heavy atom. The Balaban J connectivity index is 3.74.